The Morgan fingerprint density at radius 3 is 2.95 bits per heavy atom. The topological polar surface area (TPSA) is 62.4 Å². The lowest BCUT2D eigenvalue weighted by molar-refractivity contribution is 0.255. The fourth-order valence-corrected chi connectivity index (χ4v) is 3.28. The summed E-state index contributed by atoms with van der Waals surface area (Å²) in [5.74, 6) is 0. The highest BCUT2D eigenvalue weighted by molar-refractivity contribution is 5.94. The predicted molar refractivity (Wildman–Crippen MR) is 87.6 cm³/mol. The van der Waals surface area contributed by atoms with Crippen LogP contribution in [0.1, 0.15) is 31.4 Å². The molecular weight excluding hydrogens is 262 g/mol. The van der Waals surface area contributed by atoms with Crippen LogP contribution in [0.2, 0.25) is 0 Å². The zero-order chi connectivity index (χ0) is 14.8. The summed E-state index contributed by atoms with van der Waals surface area (Å²) in [4.78, 5) is 6.95. The summed E-state index contributed by atoms with van der Waals surface area (Å²) in [7, 11) is 0. The van der Waals surface area contributed by atoms with Gasteiger partial charge in [-0.25, -0.2) is 0 Å². The lowest BCUT2D eigenvalue weighted by Gasteiger charge is -2.32. The second kappa shape index (κ2) is 5.90. The van der Waals surface area contributed by atoms with Crippen molar-refractivity contribution < 1.29 is 5.11 Å². The number of nitrogens with two attached hydrogens (primary N) is 1. The van der Waals surface area contributed by atoms with Crippen LogP contribution in [-0.2, 0) is 0 Å². The molecule has 0 radical (unpaired) electrons. The summed E-state index contributed by atoms with van der Waals surface area (Å²) in [6.45, 7) is 3.20. The number of aliphatic hydroxyl groups excluding tert-OH is 1. The van der Waals surface area contributed by atoms with Gasteiger partial charge in [0.2, 0.25) is 0 Å². The van der Waals surface area contributed by atoms with Crippen molar-refractivity contribution in [3.05, 3.63) is 30.0 Å². The van der Waals surface area contributed by atoms with Gasteiger partial charge in [0.25, 0.3) is 0 Å². The monoisotopic (exact) mass is 285 g/mol. The Hall–Kier alpha value is -1.81. The van der Waals surface area contributed by atoms with Crippen molar-refractivity contribution in [3.63, 3.8) is 0 Å². The molecule has 3 rings (SSSR count). The van der Waals surface area contributed by atoms with Crippen molar-refractivity contribution >= 4 is 22.3 Å². The maximum absolute atomic E-state index is 9.76. The number of nitrogen functional groups attached to an aromatic ring is 1. The van der Waals surface area contributed by atoms with Crippen LogP contribution in [0.4, 0.5) is 11.4 Å². The van der Waals surface area contributed by atoms with Gasteiger partial charge >= 0.3 is 0 Å². The minimum Gasteiger partial charge on any atom is -0.399 e. The number of pyridine rings is 1. The third-order valence-corrected chi connectivity index (χ3v) is 4.34. The molecule has 1 saturated heterocycles. The van der Waals surface area contributed by atoms with E-state index in [-0.39, 0.29) is 12.6 Å². The molecule has 0 amide bonds. The van der Waals surface area contributed by atoms with Crippen LogP contribution in [0, 0.1) is 6.92 Å². The number of nitrogens with zero attached hydrogens (tertiary/aromatic N) is 2. The predicted octanol–water partition coefficient (Wildman–Crippen LogP) is 2.87. The Bertz CT molecular complexity index is 641. The first-order chi connectivity index (χ1) is 10.2. The van der Waals surface area contributed by atoms with Crippen LogP contribution in [-0.4, -0.2) is 29.3 Å². The van der Waals surface area contributed by atoms with Crippen LogP contribution in [0.25, 0.3) is 10.9 Å². The zero-order valence-electron chi connectivity index (χ0n) is 12.5. The molecule has 1 aromatic heterocycles. The molecule has 0 saturated carbocycles. The number of benzene rings is 1. The van der Waals surface area contributed by atoms with Crippen molar-refractivity contribution in [3.8, 4) is 0 Å². The van der Waals surface area contributed by atoms with Gasteiger partial charge < -0.3 is 15.7 Å². The number of aryl methyl sites for hydroxylation is 1. The Kier molecular flexibility index (Phi) is 3.97. The average molecular weight is 285 g/mol. The van der Waals surface area contributed by atoms with E-state index in [1.807, 2.05) is 25.1 Å². The molecule has 4 heteroatoms. The largest absolute Gasteiger partial charge is 0.399 e. The molecule has 0 bridgehead atoms. The van der Waals surface area contributed by atoms with Crippen molar-refractivity contribution in [1.29, 1.82) is 0 Å². The summed E-state index contributed by atoms with van der Waals surface area (Å²) >= 11 is 0. The maximum Gasteiger partial charge on any atom is 0.0727 e. The highest BCUT2D eigenvalue weighted by Crippen LogP contribution is 2.32. The van der Waals surface area contributed by atoms with Gasteiger partial charge in [-0.15, -0.1) is 0 Å². The van der Waals surface area contributed by atoms with Crippen molar-refractivity contribution in [1.82, 2.24) is 4.98 Å². The first-order valence-electron chi connectivity index (χ1n) is 7.73. The summed E-state index contributed by atoms with van der Waals surface area (Å²) in [6.07, 6.45) is 4.63. The second-order valence-corrected chi connectivity index (χ2v) is 5.94. The van der Waals surface area contributed by atoms with E-state index >= 15 is 0 Å². The van der Waals surface area contributed by atoms with Crippen LogP contribution in [0.5, 0.6) is 0 Å². The number of hydrogen-bond donors (Lipinski definition) is 2. The highest BCUT2D eigenvalue weighted by atomic mass is 16.3. The van der Waals surface area contributed by atoms with E-state index in [1.54, 1.807) is 0 Å². The van der Waals surface area contributed by atoms with Gasteiger partial charge in [-0.1, -0.05) is 12.8 Å². The molecule has 1 aromatic carbocycles. The molecule has 2 aromatic rings. The molecule has 1 unspecified atom stereocenters. The van der Waals surface area contributed by atoms with Crippen molar-refractivity contribution in [2.24, 2.45) is 0 Å². The minimum absolute atomic E-state index is 0.193. The smallest absolute Gasteiger partial charge is 0.0727 e. The normalized spacial score (nSPS) is 19.7. The molecule has 3 N–H and O–H groups in total. The number of aromatic nitrogens is 1. The quantitative estimate of drug-likeness (QED) is 0.833. The van der Waals surface area contributed by atoms with Gasteiger partial charge in [0, 0.05) is 29.0 Å². The van der Waals surface area contributed by atoms with E-state index in [0.29, 0.717) is 0 Å². The Balaban J connectivity index is 2.14. The van der Waals surface area contributed by atoms with E-state index < -0.39 is 0 Å². The first-order valence-corrected chi connectivity index (χ1v) is 7.73. The summed E-state index contributed by atoms with van der Waals surface area (Å²) in [5.41, 5.74) is 9.85. The molecule has 0 aliphatic carbocycles. The highest BCUT2D eigenvalue weighted by Gasteiger charge is 2.22. The molecule has 4 nitrogen and oxygen atoms in total. The minimum atomic E-state index is 0.193. The molecular formula is C17H23N3O. The standard InChI is InChI=1S/C17H23N3O/c1-12-9-17(15-10-13(18)6-7-16(15)19-12)20-8-4-2-3-5-14(20)11-21/h6-7,9-10,14,21H,2-5,8,11,18H2,1H3. The number of aliphatic hydroxyl groups is 1. The molecule has 0 spiro atoms. The van der Waals surface area contributed by atoms with E-state index in [9.17, 15) is 5.11 Å². The van der Waals surface area contributed by atoms with E-state index in [0.717, 1.165) is 40.9 Å². The fourth-order valence-electron chi connectivity index (χ4n) is 3.28. The van der Waals surface area contributed by atoms with Gasteiger partial charge in [0.05, 0.1) is 18.2 Å². The summed E-state index contributed by atoms with van der Waals surface area (Å²) < 4.78 is 0. The Labute approximate surface area is 125 Å². The van der Waals surface area contributed by atoms with Gasteiger partial charge in [-0.05, 0) is 44.0 Å². The molecule has 1 atom stereocenters. The molecule has 1 aliphatic rings. The van der Waals surface area contributed by atoms with Gasteiger partial charge in [0.15, 0.2) is 0 Å². The molecule has 112 valence electrons. The number of hydrogen-bond acceptors (Lipinski definition) is 4. The summed E-state index contributed by atoms with van der Waals surface area (Å²) in [5, 5.41) is 10.8. The molecule has 1 fully saturated rings. The Morgan fingerprint density at radius 1 is 1.29 bits per heavy atom. The second-order valence-electron chi connectivity index (χ2n) is 5.94. The first kappa shape index (κ1) is 14.1. The maximum atomic E-state index is 9.76. The lowest BCUT2D eigenvalue weighted by atomic mass is 10.1. The number of rotatable bonds is 2. The van der Waals surface area contributed by atoms with Gasteiger partial charge in [-0.2, -0.15) is 0 Å². The Morgan fingerprint density at radius 2 is 2.14 bits per heavy atom. The SMILES string of the molecule is Cc1cc(N2CCCCCC2CO)c2cc(N)ccc2n1. The lowest BCUT2D eigenvalue weighted by Crippen LogP contribution is -2.37. The number of anilines is 2. The average Bonchev–Trinajstić information content (AvgIpc) is 2.72. The van der Waals surface area contributed by atoms with Crippen LogP contribution in [0.3, 0.4) is 0 Å². The van der Waals surface area contributed by atoms with Crippen molar-refractivity contribution in [2.45, 2.75) is 38.6 Å². The number of fused-ring (bicyclic) bond motifs is 1. The molecule has 1 aliphatic heterocycles. The molecule has 2 heterocycles. The summed E-state index contributed by atoms with van der Waals surface area (Å²) in [6, 6.07) is 8.18. The van der Waals surface area contributed by atoms with Gasteiger partial charge in [0.1, 0.15) is 0 Å². The van der Waals surface area contributed by atoms with E-state index in [2.05, 4.69) is 16.0 Å². The van der Waals surface area contributed by atoms with Crippen LogP contribution < -0.4 is 10.6 Å². The third-order valence-electron chi connectivity index (χ3n) is 4.34. The molecule has 21 heavy (non-hydrogen) atoms. The van der Waals surface area contributed by atoms with Crippen LogP contribution >= 0.6 is 0 Å². The van der Waals surface area contributed by atoms with Crippen molar-refractivity contribution in [2.75, 3.05) is 23.8 Å². The van der Waals surface area contributed by atoms with Gasteiger partial charge in [-0.3, -0.25) is 4.98 Å². The van der Waals surface area contributed by atoms with Crippen LogP contribution in [0.15, 0.2) is 24.3 Å². The third kappa shape index (κ3) is 2.81. The zero-order valence-corrected chi connectivity index (χ0v) is 12.5. The fraction of sp³-hybridized carbons (Fsp3) is 0.471. The van der Waals surface area contributed by atoms with E-state index in [1.165, 1.54) is 19.3 Å². The van der Waals surface area contributed by atoms with E-state index in [4.69, 9.17) is 5.73 Å².